The lowest BCUT2D eigenvalue weighted by atomic mass is 10.1. The van der Waals surface area contributed by atoms with Crippen molar-refractivity contribution in [3.8, 4) is 0 Å². The maximum atomic E-state index is 11.9. The maximum Gasteiger partial charge on any atom is 0.522 e. The molecule has 1 aliphatic rings. The van der Waals surface area contributed by atoms with Crippen LogP contribution >= 0.6 is 0 Å². The Morgan fingerprint density at radius 1 is 1.29 bits per heavy atom. The zero-order chi connectivity index (χ0) is 13.3. The molecule has 4 nitrogen and oxygen atoms in total. The lowest BCUT2D eigenvalue weighted by Gasteiger charge is -2.22. The number of alkyl halides is 3. The molecule has 0 unspecified atom stereocenters. The first kappa shape index (κ1) is 14.2. The van der Waals surface area contributed by atoms with Crippen LogP contribution in [0.4, 0.5) is 13.2 Å². The highest BCUT2D eigenvalue weighted by molar-refractivity contribution is 5.76. The fourth-order valence-corrected chi connectivity index (χ4v) is 1.53. The average molecular weight is 255 g/mol. The van der Waals surface area contributed by atoms with Gasteiger partial charge in [-0.2, -0.15) is 0 Å². The van der Waals surface area contributed by atoms with Crippen LogP contribution in [0.3, 0.4) is 0 Å². The third-order valence-electron chi connectivity index (χ3n) is 2.08. The minimum absolute atomic E-state index is 0.0105. The number of carbonyl (C=O) groups excluding carboxylic acids is 1. The van der Waals surface area contributed by atoms with Crippen molar-refractivity contribution in [1.82, 2.24) is 5.32 Å². The fraction of sp³-hybridized carbons (Fsp3) is 0.900. The van der Waals surface area contributed by atoms with Crippen LogP contribution in [0.25, 0.3) is 0 Å². The van der Waals surface area contributed by atoms with E-state index in [-0.39, 0.29) is 13.0 Å². The van der Waals surface area contributed by atoms with Crippen LogP contribution in [-0.2, 0) is 14.3 Å². The third kappa shape index (κ3) is 5.36. The van der Waals surface area contributed by atoms with Crippen molar-refractivity contribution in [2.75, 3.05) is 6.54 Å². The van der Waals surface area contributed by atoms with Crippen molar-refractivity contribution < 1.29 is 27.4 Å². The molecule has 0 aromatic carbocycles. The van der Waals surface area contributed by atoms with Crippen molar-refractivity contribution in [2.24, 2.45) is 0 Å². The zero-order valence-electron chi connectivity index (χ0n) is 9.93. The number of nitrogens with one attached hydrogen (secondary N) is 1. The molecule has 0 bridgehead atoms. The van der Waals surface area contributed by atoms with Crippen molar-refractivity contribution in [1.29, 1.82) is 0 Å². The van der Waals surface area contributed by atoms with Gasteiger partial charge in [-0.3, -0.25) is 9.53 Å². The Bertz CT molecular complexity index is 286. The van der Waals surface area contributed by atoms with Crippen molar-refractivity contribution in [3.05, 3.63) is 0 Å². The monoisotopic (exact) mass is 255 g/mol. The molecule has 0 aromatic rings. The third-order valence-corrected chi connectivity index (χ3v) is 2.08. The normalized spacial score (nSPS) is 26.0. The Labute approximate surface area is 97.5 Å². The number of hydrogen-bond acceptors (Lipinski definition) is 4. The predicted molar refractivity (Wildman–Crippen MR) is 53.2 cm³/mol. The van der Waals surface area contributed by atoms with E-state index in [4.69, 9.17) is 4.74 Å². The topological polar surface area (TPSA) is 47.6 Å². The molecule has 1 rings (SSSR count). The number of halogens is 3. The first-order valence-corrected chi connectivity index (χ1v) is 5.27. The van der Waals surface area contributed by atoms with Crippen LogP contribution in [0.1, 0.15) is 27.2 Å². The summed E-state index contributed by atoms with van der Waals surface area (Å²) in [5.41, 5.74) is -0.651. The molecule has 0 radical (unpaired) electrons. The molecule has 1 N–H and O–H groups in total. The summed E-state index contributed by atoms with van der Waals surface area (Å²) in [6.07, 6.45) is -5.74. The minimum atomic E-state index is -4.67. The van der Waals surface area contributed by atoms with Gasteiger partial charge in [0.2, 0.25) is 0 Å². The largest absolute Gasteiger partial charge is 0.522 e. The van der Waals surface area contributed by atoms with Gasteiger partial charge in [0.15, 0.2) is 0 Å². The molecule has 0 saturated carbocycles. The second kappa shape index (κ2) is 4.81. The van der Waals surface area contributed by atoms with Crippen LogP contribution in [0.15, 0.2) is 0 Å². The second-order valence-corrected chi connectivity index (χ2v) is 4.92. The van der Waals surface area contributed by atoms with Crippen LogP contribution in [0.2, 0.25) is 0 Å². The van der Waals surface area contributed by atoms with Gasteiger partial charge in [0.05, 0.1) is 6.10 Å². The van der Waals surface area contributed by atoms with E-state index in [1.54, 1.807) is 20.8 Å². The van der Waals surface area contributed by atoms with E-state index in [1.165, 1.54) is 0 Å². The van der Waals surface area contributed by atoms with Gasteiger partial charge in [0.1, 0.15) is 11.6 Å². The van der Waals surface area contributed by atoms with E-state index in [1.807, 2.05) is 0 Å². The van der Waals surface area contributed by atoms with Gasteiger partial charge in [-0.25, -0.2) is 0 Å². The van der Waals surface area contributed by atoms with Gasteiger partial charge in [-0.1, -0.05) is 0 Å². The lowest BCUT2D eigenvalue weighted by Crippen LogP contribution is -2.37. The van der Waals surface area contributed by atoms with E-state index in [0.717, 1.165) is 0 Å². The minimum Gasteiger partial charge on any atom is -0.459 e. The highest BCUT2D eigenvalue weighted by atomic mass is 19.4. The summed E-state index contributed by atoms with van der Waals surface area (Å²) in [6.45, 7) is 5.08. The quantitative estimate of drug-likeness (QED) is 0.761. The van der Waals surface area contributed by atoms with Gasteiger partial charge in [-0.15, -0.1) is 13.2 Å². The van der Waals surface area contributed by atoms with Gasteiger partial charge in [-0.05, 0) is 20.8 Å². The van der Waals surface area contributed by atoms with Gasteiger partial charge < -0.3 is 10.1 Å². The highest BCUT2D eigenvalue weighted by Crippen LogP contribution is 2.24. The van der Waals surface area contributed by atoms with Crippen molar-refractivity contribution in [3.63, 3.8) is 0 Å². The number of esters is 1. The number of hydrogen-bond donors (Lipinski definition) is 1. The predicted octanol–water partition coefficient (Wildman–Crippen LogP) is 1.59. The first-order chi connectivity index (χ1) is 7.57. The number of rotatable bonds is 2. The summed E-state index contributed by atoms with van der Waals surface area (Å²) in [6, 6.07) is -0.735. The van der Waals surface area contributed by atoms with Crippen molar-refractivity contribution in [2.45, 2.75) is 51.3 Å². The smallest absolute Gasteiger partial charge is 0.459 e. The Hall–Kier alpha value is -0.820. The molecule has 7 heteroatoms. The van der Waals surface area contributed by atoms with Crippen LogP contribution in [-0.4, -0.2) is 36.6 Å². The summed E-state index contributed by atoms with van der Waals surface area (Å²) in [4.78, 5) is 11.6. The molecule has 2 atom stereocenters. The van der Waals surface area contributed by atoms with E-state index in [2.05, 4.69) is 10.1 Å². The second-order valence-electron chi connectivity index (χ2n) is 4.92. The average Bonchev–Trinajstić information content (AvgIpc) is 2.45. The molecule has 0 spiro atoms. The number of carbonyl (C=O) groups is 1. The van der Waals surface area contributed by atoms with Gasteiger partial charge in [0.25, 0.3) is 0 Å². The molecule has 1 saturated heterocycles. The molecule has 1 heterocycles. The zero-order valence-corrected chi connectivity index (χ0v) is 9.93. The summed E-state index contributed by atoms with van der Waals surface area (Å²) in [5, 5.41) is 2.65. The highest BCUT2D eigenvalue weighted by Gasteiger charge is 2.40. The van der Waals surface area contributed by atoms with Gasteiger partial charge in [0, 0.05) is 13.0 Å². The first-order valence-electron chi connectivity index (χ1n) is 5.27. The molecule has 17 heavy (non-hydrogen) atoms. The van der Waals surface area contributed by atoms with Crippen LogP contribution in [0, 0.1) is 0 Å². The molecule has 0 amide bonds. The Balaban J connectivity index is 2.43. The molecular weight excluding hydrogens is 239 g/mol. The molecule has 100 valence electrons. The fourth-order valence-electron chi connectivity index (χ4n) is 1.53. The van der Waals surface area contributed by atoms with Gasteiger partial charge >= 0.3 is 12.3 Å². The molecule has 1 aliphatic heterocycles. The lowest BCUT2D eigenvalue weighted by molar-refractivity contribution is -0.340. The Morgan fingerprint density at radius 3 is 2.35 bits per heavy atom. The van der Waals surface area contributed by atoms with Crippen LogP contribution < -0.4 is 5.32 Å². The molecule has 1 fully saturated rings. The van der Waals surface area contributed by atoms with Crippen molar-refractivity contribution >= 4 is 5.97 Å². The molecule has 0 aromatic heterocycles. The molecular formula is C10H16F3NO3. The summed E-state index contributed by atoms with van der Waals surface area (Å²) >= 11 is 0. The Morgan fingerprint density at radius 2 is 1.88 bits per heavy atom. The number of ether oxygens (including phenoxy) is 2. The SMILES string of the molecule is CC(C)(C)OC(=O)[C@H]1C[C@@H](OC(F)(F)F)CN1. The summed E-state index contributed by atoms with van der Waals surface area (Å²) < 4.78 is 44.7. The van der Waals surface area contributed by atoms with E-state index in [9.17, 15) is 18.0 Å². The Kier molecular flexibility index (Phi) is 4.03. The van der Waals surface area contributed by atoms with E-state index in [0.29, 0.717) is 0 Å². The summed E-state index contributed by atoms with van der Waals surface area (Å²) in [5.74, 6) is -0.550. The van der Waals surface area contributed by atoms with E-state index < -0.39 is 30.1 Å². The standard InChI is InChI=1S/C10H16F3NO3/c1-9(2,3)17-8(15)7-4-6(5-14-7)16-10(11,12)13/h6-7,14H,4-5H2,1-3H3/t6-,7-/m1/s1. The van der Waals surface area contributed by atoms with Crippen LogP contribution in [0.5, 0.6) is 0 Å². The maximum absolute atomic E-state index is 11.9. The summed E-state index contributed by atoms with van der Waals surface area (Å²) in [7, 11) is 0. The molecule has 0 aliphatic carbocycles. The van der Waals surface area contributed by atoms with E-state index >= 15 is 0 Å².